The maximum Gasteiger partial charge on any atom is 3.00 e. The van der Waals surface area contributed by atoms with E-state index in [9.17, 15) is 0 Å². The molecule has 0 radical (unpaired) electrons. The second kappa shape index (κ2) is 57.6. The van der Waals surface area contributed by atoms with Gasteiger partial charge in [0.25, 0.3) is 0 Å². The van der Waals surface area contributed by atoms with Crippen molar-refractivity contribution in [2.75, 3.05) is 0 Å². The van der Waals surface area contributed by atoms with Crippen molar-refractivity contribution in [1.82, 2.24) is 0 Å². The smallest absolute Gasteiger partial charge is 0.870 e. The first kappa shape index (κ1) is 79.8. The molecule has 0 aromatic rings. The fourth-order valence-corrected chi connectivity index (χ4v) is 0. The molecule has 0 atom stereocenters. The quantitative estimate of drug-likeness (QED) is 0.427. The Balaban J connectivity index is 0. The van der Waals surface area contributed by atoms with Crippen LogP contribution in [0.2, 0.25) is 0 Å². The molecule has 4 nitrogen and oxygen atoms in total. The maximum atomic E-state index is 0. The Bertz CT molecular complexity index is 11.7. The molecule has 0 aliphatic heterocycles. The molecular weight excluding hydrogens is 290 g/mol. The molecule has 0 unspecified atom stereocenters. The molecule has 0 aromatic carbocycles. The van der Waals surface area contributed by atoms with Gasteiger partial charge in [-0.15, -0.1) is 0 Å². The molecule has 0 rings (SSSR count). The van der Waals surface area contributed by atoms with Gasteiger partial charge in [0, 0.05) is 21.7 Å². The van der Waals surface area contributed by atoms with E-state index in [0.29, 0.717) is 0 Å². The maximum absolute atomic E-state index is 0. The second-order valence-corrected chi connectivity index (χ2v) is 0. The van der Waals surface area contributed by atoms with Crippen LogP contribution >= 0.6 is 0 Å². The molecular formula is H4KLaO4Ti. The van der Waals surface area contributed by atoms with Crippen molar-refractivity contribution in [2.45, 2.75) is 0 Å². The minimum atomic E-state index is 0. The minimum Gasteiger partial charge on any atom is -0.870 e. The van der Waals surface area contributed by atoms with Crippen molar-refractivity contribution in [2.24, 2.45) is 0 Å². The summed E-state index contributed by atoms with van der Waals surface area (Å²) < 4.78 is 0. The van der Waals surface area contributed by atoms with E-state index in [1.54, 1.807) is 0 Å². The summed E-state index contributed by atoms with van der Waals surface area (Å²) in [4.78, 5) is 0. The molecule has 0 heterocycles. The average molecular weight is 294 g/mol. The molecule has 4 N–H and O–H groups in total. The van der Waals surface area contributed by atoms with Crippen LogP contribution in [-0.4, -0.2) is 21.9 Å². The summed E-state index contributed by atoms with van der Waals surface area (Å²) in [5.41, 5.74) is 0. The molecule has 7 heteroatoms. The van der Waals surface area contributed by atoms with Gasteiger partial charge in [0.05, 0.1) is 0 Å². The summed E-state index contributed by atoms with van der Waals surface area (Å²) in [6.45, 7) is 0. The van der Waals surface area contributed by atoms with Crippen molar-refractivity contribution in [3.8, 4) is 0 Å². The van der Waals surface area contributed by atoms with Gasteiger partial charge < -0.3 is 21.9 Å². The normalized spacial score (nSPS) is 0. The van der Waals surface area contributed by atoms with Gasteiger partial charge in [0.1, 0.15) is 0 Å². The molecule has 0 fully saturated rings. The van der Waals surface area contributed by atoms with Gasteiger partial charge in [0.2, 0.25) is 0 Å². The molecule has 0 aliphatic rings. The first-order valence-electron chi connectivity index (χ1n) is 0. The Morgan fingerprint density at radius 3 is 0.571 bits per heavy atom. The number of hydrogen-bond acceptors (Lipinski definition) is 4. The Hall–Kier alpha value is 3.39. The van der Waals surface area contributed by atoms with Crippen LogP contribution in [0.3, 0.4) is 0 Å². The predicted molar refractivity (Wildman–Crippen MR) is 7.74 cm³/mol. The standard InChI is InChI=1S/K.La.4H2O.Ti/h;;4*1H2;/q+1;+3;;;;;/p-4. The minimum absolute atomic E-state index is 0. The van der Waals surface area contributed by atoms with E-state index in [1.165, 1.54) is 0 Å². The van der Waals surface area contributed by atoms with Gasteiger partial charge in [-0.25, -0.2) is 0 Å². The third-order valence-corrected chi connectivity index (χ3v) is 0. The van der Waals surface area contributed by atoms with Gasteiger partial charge in [-0.1, -0.05) is 0 Å². The monoisotopic (exact) mass is 294 g/mol. The van der Waals surface area contributed by atoms with Gasteiger partial charge in [0.15, 0.2) is 0 Å². The van der Waals surface area contributed by atoms with Crippen LogP contribution in [0, 0.1) is 35.6 Å². The topological polar surface area (TPSA) is 120 Å². The van der Waals surface area contributed by atoms with Gasteiger partial charge in [-0.3, -0.25) is 0 Å². The molecule has 0 amide bonds. The third kappa shape index (κ3) is 44.7. The van der Waals surface area contributed by atoms with Crippen LogP contribution in [0.5, 0.6) is 0 Å². The zero-order chi connectivity index (χ0) is 0. The Kier molecular flexibility index (Phi) is 657. The van der Waals surface area contributed by atoms with Crippen LogP contribution in [0.15, 0.2) is 0 Å². The number of hydrogen-bond donors (Lipinski definition) is 0. The molecule has 36 valence electrons. The largest absolute Gasteiger partial charge is 3.00 e. The Morgan fingerprint density at radius 2 is 0.571 bits per heavy atom. The summed E-state index contributed by atoms with van der Waals surface area (Å²) >= 11 is 0. The fraction of sp³-hybridized carbons (Fsp3) is 0. The van der Waals surface area contributed by atoms with Crippen molar-refractivity contribution in [3.63, 3.8) is 0 Å². The van der Waals surface area contributed by atoms with E-state index in [-0.39, 0.29) is 131 Å². The van der Waals surface area contributed by atoms with Gasteiger partial charge >= 0.3 is 87.0 Å². The zero-order valence-electron chi connectivity index (χ0n) is 3.87. The first-order valence-corrected chi connectivity index (χ1v) is 0. The average Bonchev–Trinajstić information content (AvgIpc) is 0. The summed E-state index contributed by atoms with van der Waals surface area (Å²) in [5, 5.41) is 0. The van der Waals surface area contributed by atoms with Crippen LogP contribution in [0.4, 0.5) is 0 Å². The second-order valence-electron chi connectivity index (χ2n) is 0. The van der Waals surface area contributed by atoms with E-state index >= 15 is 0 Å². The molecule has 0 spiro atoms. The van der Waals surface area contributed by atoms with Crippen molar-refractivity contribution < 1.29 is 131 Å². The van der Waals surface area contributed by atoms with E-state index < -0.39 is 0 Å². The fourth-order valence-electron chi connectivity index (χ4n) is 0. The van der Waals surface area contributed by atoms with Crippen LogP contribution < -0.4 is 51.4 Å². The van der Waals surface area contributed by atoms with Crippen LogP contribution in [0.25, 0.3) is 0 Å². The SMILES string of the molecule is [K+].[La+3].[OH-].[OH-].[OH-].[OH-].[Ti]. The third-order valence-electron chi connectivity index (χ3n) is 0. The Labute approximate surface area is 127 Å². The van der Waals surface area contributed by atoms with Crippen molar-refractivity contribution in [3.05, 3.63) is 0 Å². The van der Waals surface area contributed by atoms with Crippen LogP contribution in [0.1, 0.15) is 0 Å². The molecule has 0 saturated heterocycles. The summed E-state index contributed by atoms with van der Waals surface area (Å²) in [7, 11) is 0. The number of rotatable bonds is 0. The van der Waals surface area contributed by atoms with E-state index in [2.05, 4.69) is 0 Å². The van der Waals surface area contributed by atoms with E-state index in [0.717, 1.165) is 0 Å². The Morgan fingerprint density at radius 1 is 0.571 bits per heavy atom. The van der Waals surface area contributed by atoms with E-state index in [1.807, 2.05) is 0 Å². The molecule has 0 aromatic heterocycles. The van der Waals surface area contributed by atoms with Gasteiger partial charge in [-0.05, 0) is 0 Å². The van der Waals surface area contributed by atoms with E-state index in [4.69, 9.17) is 0 Å². The zero-order valence-corrected chi connectivity index (χ0v) is 12.2. The van der Waals surface area contributed by atoms with Gasteiger partial charge in [-0.2, -0.15) is 0 Å². The van der Waals surface area contributed by atoms with Crippen molar-refractivity contribution in [1.29, 1.82) is 0 Å². The summed E-state index contributed by atoms with van der Waals surface area (Å²) in [5.74, 6) is 0. The summed E-state index contributed by atoms with van der Waals surface area (Å²) in [6.07, 6.45) is 0. The van der Waals surface area contributed by atoms with Crippen LogP contribution in [-0.2, 0) is 21.7 Å². The van der Waals surface area contributed by atoms with Crippen molar-refractivity contribution >= 4 is 0 Å². The first-order chi connectivity index (χ1) is 0. The molecule has 0 saturated carbocycles. The summed E-state index contributed by atoms with van der Waals surface area (Å²) in [6, 6.07) is 0. The molecule has 0 aliphatic carbocycles. The molecule has 0 bridgehead atoms. The molecule has 7 heavy (non-hydrogen) atoms. The predicted octanol–water partition coefficient (Wildman–Crippen LogP) is -3.71.